The van der Waals surface area contributed by atoms with Gasteiger partial charge >= 0.3 is 18.9 Å². The fourth-order valence-electron chi connectivity index (χ4n) is 0.405. The first-order valence-corrected chi connectivity index (χ1v) is 2.16. The van der Waals surface area contributed by atoms with E-state index in [0.29, 0.717) is 5.92 Å². The summed E-state index contributed by atoms with van der Waals surface area (Å²) in [6, 6.07) is 0. The standard InChI is InChI=1S/C5H8O.Li/c1-4(6)5-2-3-5;/h5-6H,1-3H2;/q;+1/p-1. The molecule has 0 aliphatic heterocycles. The molecular formula is C5H7LiO. The Hall–Kier alpha value is 0.137. The SMILES string of the molecule is C=C([O-])C1CC1.[Li+]. The summed E-state index contributed by atoms with van der Waals surface area (Å²) < 4.78 is 0. The molecule has 34 valence electrons. The molecule has 0 radical (unpaired) electrons. The molecular weight excluding hydrogens is 83.0 g/mol. The summed E-state index contributed by atoms with van der Waals surface area (Å²) in [5.74, 6) is 0.472. The summed E-state index contributed by atoms with van der Waals surface area (Å²) in [6.45, 7) is 3.26. The van der Waals surface area contributed by atoms with Crippen LogP contribution in [0.4, 0.5) is 0 Å². The van der Waals surface area contributed by atoms with Gasteiger partial charge in [0, 0.05) is 0 Å². The molecule has 1 saturated carbocycles. The molecule has 0 unspecified atom stereocenters. The molecule has 0 bridgehead atoms. The van der Waals surface area contributed by atoms with Crippen LogP contribution < -0.4 is 24.0 Å². The zero-order valence-corrected chi connectivity index (χ0v) is 4.61. The van der Waals surface area contributed by atoms with Crippen LogP contribution in [0.2, 0.25) is 0 Å². The van der Waals surface area contributed by atoms with Crippen molar-refractivity contribution in [2.75, 3.05) is 0 Å². The summed E-state index contributed by atoms with van der Waals surface area (Å²) in [5, 5.41) is 10.1. The Kier molecular flexibility index (Phi) is 2.49. The van der Waals surface area contributed by atoms with E-state index in [2.05, 4.69) is 6.58 Å². The van der Waals surface area contributed by atoms with E-state index in [4.69, 9.17) is 0 Å². The molecule has 2 heteroatoms. The van der Waals surface area contributed by atoms with Gasteiger partial charge in [-0.15, -0.1) is 12.3 Å². The minimum atomic E-state index is 0. The van der Waals surface area contributed by atoms with E-state index in [-0.39, 0.29) is 24.6 Å². The Morgan fingerprint density at radius 2 is 2.00 bits per heavy atom. The Bertz CT molecular complexity index is 76.1. The first-order valence-electron chi connectivity index (χ1n) is 2.16. The van der Waals surface area contributed by atoms with E-state index in [1.54, 1.807) is 0 Å². The number of allylic oxidation sites excluding steroid dienone is 1. The second-order valence-corrected chi connectivity index (χ2v) is 1.74. The van der Waals surface area contributed by atoms with Crippen molar-refractivity contribution in [1.82, 2.24) is 0 Å². The molecule has 0 amide bonds. The van der Waals surface area contributed by atoms with Crippen LogP contribution in [0.5, 0.6) is 0 Å². The Morgan fingerprint density at radius 1 is 1.57 bits per heavy atom. The van der Waals surface area contributed by atoms with Gasteiger partial charge in [-0.1, -0.05) is 0 Å². The van der Waals surface area contributed by atoms with Gasteiger partial charge in [0.1, 0.15) is 0 Å². The van der Waals surface area contributed by atoms with Crippen molar-refractivity contribution in [2.24, 2.45) is 5.92 Å². The van der Waals surface area contributed by atoms with Crippen molar-refractivity contribution in [1.29, 1.82) is 0 Å². The zero-order chi connectivity index (χ0) is 4.57. The predicted molar refractivity (Wildman–Crippen MR) is 21.9 cm³/mol. The summed E-state index contributed by atoms with van der Waals surface area (Å²) in [5.41, 5.74) is 0. The number of hydrogen-bond acceptors (Lipinski definition) is 1. The van der Waals surface area contributed by atoms with Gasteiger partial charge in [-0.3, -0.25) is 0 Å². The van der Waals surface area contributed by atoms with Crippen LogP contribution in [0.25, 0.3) is 0 Å². The van der Waals surface area contributed by atoms with Crippen molar-refractivity contribution < 1.29 is 24.0 Å². The van der Waals surface area contributed by atoms with Crippen LogP contribution in [-0.2, 0) is 0 Å². The maximum Gasteiger partial charge on any atom is 1.00 e. The van der Waals surface area contributed by atoms with Crippen LogP contribution in [0, 0.1) is 5.92 Å². The van der Waals surface area contributed by atoms with Crippen LogP contribution in [0.3, 0.4) is 0 Å². The molecule has 1 nitrogen and oxygen atoms in total. The summed E-state index contributed by atoms with van der Waals surface area (Å²) in [4.78, 5) is 0. The predicted octanol–water partition coefficient (Wildman–Crippen LogP) is -2.73. The van der Waals surface area contributed by atoms with Gasteiger partial charge in [0.2, 0.25) is 0 Å². The minimum absolute atomic E-state index is 0. The molecule has 1 aliphatic carbocycles. The van der Waals surface area contributed by atoms with E-state index >= 15 is 0 Å². The van der Waals surface area contributed by atoms with Crippen LogP contribution in [0.1, 0.15) is 12.8 Å². The van der Waals surface area contributed by atoms with Crippen molar-refractivity contribution in [3.63, 3.8) is 0 Å². The van der Waals surface area contributed by atoms with Gasteiger partial charge in [-0.05, 0) is 18.8 Å². The van der Waals surface area contributed by atoms with Gasteiger partial charge in [0.15, 0.2) is 0 Å². The van der Waals surface area contributed by atoms with Gasteiger partial charge < -0.3 is 5.11 Å². The molecule has 0 spiro atoms. The van der Waals surface area contributed by atoms with Crippen molar-refractivity contribution in [3.8, 4) is 0 Å². The average molecular weight is 90.1 g/mol. The summed E-state index contributed by atoms with van der Waals surface area (Å²) >= 11 is 0. The summed E-state index contributed by atoms with van der Waals surface area (Å²) in [6.07, 6.45) is 2.17. The molecule has 0 heterocycles. The summed E-state index contributed by atoms with van der Waals surface area (Å²) in [7, 11) is 0. The Labute approximate surface area is 55.6 Å². The largest absolute Gasteiger partial charge is 1.00 e. The van der Waals surface area contributed by atoms with Gasteiger partial charge in [0.25, 0.3) is 0 Å². The van der Waals surface area contributed by atoms with Gasteiger partial charge in [-0.2, -0.15) is 0 Å². The third-order valence-corrected chi connectivity index (χ3v) is 1.03. The van der Waals surface area contributed by atoms with Crippen molar-refractivity contribution in [2.45, 2.75) is 12.8 Å². The third kappa shape index (κ3) is 2.06. The minimum Gasteiger partial charge on any atom is -0.876 e. The quantitative estimate of drug-likeness (QED) is 0.253. The first-order chi connectivity index (χ1) is 2.80. The van der Waals surface area contributed by atoms with E-state index in [1.165, 1.54) is 0 Å². The topological polar surface area (TPSA) is 23.1 Å². The van der Waals surface area contributed by atoms with E-state index in [1.807, 2.05) is 0 Å². The third-order valence-electron chi connectivity index (χ3n) is 1.03. The molecule has 1 fully saturated rings. The fourth-order valence-corrected chi connectivity index (χ4v) is 0.405. The second-order valence-electron chi connectivity index (χ2n) is 1.74. The smallest absolute Gasteiger partial charge is 0.876 e. The maximum atomic E-state index is 10.1. The first kappa shape index (κ1) is 7.14. The molecule has 7 heavy (non-hydrogen) atoms. The molecule has 0 aromatic heterocycles. The molecule has 0 atom stereocenters. The Balaban J connectivity index is 0.000000360. The molecule has 0 aromatic carbocycles. The number of hydrogen-bond donors (Lipinski definition) is 0. The molecule has 0 aromatic rings. The van der Waals surface area contributed by atoms with Gasteiger partial charge in [-0.25, -0.2) is 0 Å². The molecule has 1 aliphatic rings. The molecule has 0 N–H and O–H groups in total. The molecule has 1 rings (SSSR count). The normalized spacial score (nSPS) is 17.7. The molecule has 0 saturated heterocycles. The second kappa shape index (κ2) is 2.45. The number of rotatable bonds is 1. The van der Waals surface area contributed by atoms with E-state index in [9.17, 15) is 5.11 Å². The van der Waals surface area contributed by atoms with Crippen LogP contribution in [-0.4, -0.2) is 0 Å². The fraction of sp³-hybridized carbons (Fsp3) is 0.600. The van der Waals surface area contributed by atoms with Crippen LogP contribution in [0.15, 0.2) is 12.3 Å². The monoisotopic (exact) mass is 90.1 g/mol. The zero-order valence-electron chi connectivity index (χ0n) is 4.61. The van der Waals surface area contributed by atoms with Gasteiger partial charge in [0.05, 0.1) is 0 Å². The Morgan fingerprint density at radius 3 is 2.00 bits per heavy atom. The van der Waals surface area contributed by atoms with E-state index < -0.39 is 0 Å². The van der Waals surface area contributed by atoms with E-state index in [0.717, 1.165) is 12.8 Å². The van der Waals surface area contributed by atoms with Crippen LogP contribution >= 0.6 is 0 Å². The maximum absolute atomic E-state index is 10.1. The average Bonchev–Trinajstić information content (AvgIpc) is 2.06. The van der Waals surface area contributed by atoms with Crippen molar-refractivity contribution >= 4 is 0 Å². The van der Waals surface area contributed by atoms with Crippen molar-refractivity contribution in [3.05, 3.63) is 12.3 Å².